The largest absolute Gasteiger partial charge is 0.385 e. The van der Waals surface area contributed by atoms with E-state index in [-0.39, 0.29) is 16.0 Å². The van der Waals surface area contributed by atoms with Gasteiger partial charge in [0.25, 0.3) is 5.69 Å². The molecular formula is C12H17BrN2O2. The second-order valence-corrected chi connectivity index (χ2v) is 6.02. The first kappa shape index (κ1) is 14.0. The van der Waals surface area contributed by atoms with Gasteiger partial charge in [0.1, 0.15) is 0 Å². The van der Waals surface area contributed by atoms with Crippen LogP contribution in [0.25, 0.3) is 0 Å². The maximum Gasteiger partial charge on any atom is 0.285 e. The van der Waals surface area contributed by atoms with Crippen LogP contribution in [0.15, 0.2) is 22.7 Å². The summed E-state index contributed by atoms with van der Waals surface area (Å²) in [4.78, 5) is 10.4. The molecule has 1 aromatic carbocycles. The second-order valence-electron chi connectivity index (χ2n) is 5.16. The molecule has 4 nitrogen and oxygen atoms in total. The van der Waals surface area contributed by atoms with Gasteiger partial charge in [-0.25, -0.2) is 0 Å². The minimum atomic E-state index is -0.390. The van der Waals surface area contributed by atoms with Crippen LogP contribution in [-0.4, -0.2) is 11.5 Å². The number of nitrogens with one attached hydrogen (secondary N) is 1. The fourth-order valence-electron chi connectivity index (χ4n) is 1.34. The van der Waals surface area contributed by atoms with Gasteiger partial charge in [-0.05, 0) is 39.9 Å². The molecule has 0 spiro atoms. The van der Waals surface area contributed by atoms with Crippen LogP contribution >= 0.6 is 15.9 Å². The van der Waals surface area contributed by atoms with Crippen molar-refractivity contribution in [3.63, 3.8) is 0 Å². The molecule has 0 atom stereocenters. The third kappa shape index (κ3) is 4.73. The van der Waals surface area contributed by atoms with E-state index in [1.54, 1.807) is 12.1 Å². The van der Waals surface area contributed by atoms with Crippen molar-refractivity contribution in [1.29, 1.82) is 0 Å². The van der Waals surface area contributed by atoms with E-state index >= 15 is 0 Å². The molecule has 0 radical (unpaired) electrons. The predicted molar refractivity (Wildman–Crippen MR) is 73.4 cm³/mol. The molecule has 17 heavy (non-hydrogen) atoms. The highest BCUT2D eigenvalue weighted by atomic mass is 79.9. The van der Waals surface area contributed by atoms with Crippen molar-refractivity contribution in [2.75, 3.05) is 11.9 Å². The molecule has 0 amide bonds. The highest BCUT2D eigenvalue weighted by Gasteiger charge is 2.13. The molecule has 0 aliphatic heterocycles. The van der Waals surface area contributed by atoms with E-state index in [2.05, 4.69) is 42.0 Å². The summed E-state index contributed by atoms with van der Waals surface area (Å²) < 4.78 is 0.504. The quantitative estimate of drug-likeness (QED) is 0.669. The Balaban J connectivity index is 2.67. The lowest BCUT2D eigenvalue weighted by atomic mass is 9.92. The molecule has 0 saturated carbocycles. The van der Waals surface area contributed by atoms with E-state index in [0.29, 0.717) is 4.47 Å². The average Bonchev–Trinajstić information content (AvgIpc) is 2.18. The van der Waals surface area contributed by atoms with Crippen molar-refractivity contribution in [2.24, 2.45) is 5.41 Å². The van der Waals surface area contributed by atoms with Gasteiger partial charge in [0, 0.05) is 18.3 Å². The molecule has 0 unspecified atom stereocenters. The van der Waals surface area contributed by atoms with Crippen LogP contribution in [0, 0.1) is 15.5 Å². The van der Waals surface area contributed by atoms with Crippen LogP contribution < -0.4 is 5.32 Å². The molecule has 0 aromatic heterocycles. The molecular weight excluding hydrogens is 284 g/mol. The number of anilines is 1. The smallest absolute Gasteiger partial charge is 0.285 e. The Morgan fingerprint density at radius 2 is 2.06 bits per heavy atom. The molecule has 0 saturated heterocycles. The zero-order valence-electron chi connectivity index (χ0n) is 10.3. The third-order valence-electron chi connectivity index (χ3n) is 2.35. The Labute approximate surface area is 110 Å². The number of nitro benzene ring substituents is 1. The monoisotopic (exact) mass is 300 g/mol. The molecule has 0 bridgehead atoms. The van der Waals surface area contributed by atoms with Crippen molar-refractivity contribution < 1.29 is 4.92 Å². The SMILES string of the molecule is CC(C)(C)CCNc1ccc(Br)c([N+](=O)[O-])c1. The number of nitro groups is 1. The van der Waals surface area contributed by atoms with Gasteiger partial charge >= 0.3 is 0 Å². The van der Waals surface area contributed by atoms with Crippen LogP contribution in [-0.2, 0) is 0 Å². The van der Waals surface area contributed by atoms with E-state index in [1.807, 2.05) is 6.07 Å². The summed E-state index contributed by atoms with van der Waals surface area (Å²) in [6, 6.07) is 5.07. The number of halogens is 1. The first-order valence-electron chi connectivity index (χ1n) is 5.47. The van der Waals surface area contributed by atoms with Gasteiger partial charge in [0.05, 0.1) is 9.40 Å². The van der Waals surface area contributed by atoms with Gasteiger partial charge in [-0.2, -0.15) is 0 Å². The Morgan fingerprint density at radius 3 is 2.59 bits per heavy atom. The Hall–Kier alpha value is -1.10. The molecule has 1 N–H and O–H groups in total. The lowest BCUT2D eigenvalue weighted by molar-refractivity contribution is -0.385. The Morgan fingerprint density at radius 1 is 1.41 bits per heavy atom. The fraction of sp³-hybridized carbons (Fsp3) is 0.500. The highest BCUT2D eigenvalue weighted by molar-refractivity contribution is 9.10. The standard InChI is InChI=1S/C12H17BrN2O2/c1-12(2,3)6-7-14-9-4-5-10(13)11(8-9)15(16)17/h4-5,8,14H,6-7H2,1-3H3. The van der Waals surface area contributed by atoms with Gasteiger partial charge in [-0.15, -0.1) is 0 Å². The van der Waals surface area contributed by atoms with Gasteiger partial charge in [-0.1, -0.05) is 20.8 Å². The Kier molecular flexibility index (Phi) is 4.51. The van der Waals surface area contributed by atoms with Crippen molar-refractivity contribution >= 4 is 27.3 Å². The van der Waals surface area contributed by atoms with Gasteiger partial charge in [-0.3, -0.25) is 10.1 Å². The van der Waals surface area contributed by atoms with Crippen molar-refractivity contribution in [3.05, 3.63) is 32.8 Å². The van der Waals surface area contributed by atoms with Crippen LogP contribution in [0.2, 0.25) is 0 Å². The lowest BCUT2D eigenvalue weighted by Crippen LogP contribution is -2.12. The zero-order valence-corrected chi connectivity index (χ0v) is 11.9. The summed E-state index contributed by atoms with van der Waals surface area (Å²) in [6.07, 6.45) is 1.01. The molecule has 1 aromatic rings. The molecule has 0 aliphatic carbocycles. The van der Waals surface area contributed by atoms with Crippen molar-refractivity contribution in [2.45, 2.75) is 27.2 Å². The van der Waals surface area contributed by atoms with Crippen LogP contribution in [0.4, 0.5) is 11.4 Å². The summed E-state index contributed by atoms with van der Waals surface area (Å²) in [5.74, 6) is 0. The summed E-state index contributed by atoms with van der Waals surface area (Å²) in [5.41, 5.74) is 1.13. The van der Waals surface area contributed by atoms with Gasteiger partial charge in [0.2, 0.25) is 0 Å². The van der Waals surface area contributed by atoms with Gasteiger partial charge < -0.3 is 5.32 Å². The molecule has 0 fully saturated rings. The van der Waals surface area contributed by atoms with Crippen molar-refractivity contribution in [3.8, 4) is 0 Å². The number of benzene rings is 1. The van der Waals surface area contributed by atoms with E-state index < -0.39 is 0 Å². The van der Waals surface area contributed by atoms with E-state index in [1.165, 1.54) is 0 Å². The zero-order chi connectivity index (χ0) is 13.1. The Bertz CT molecular complexity index is 413. The number of hydrogen-bond donors (Lipinski definition) is 1. The number of nitrogens with zero attached hydrogens (tertiary/aromatic N) is 1. The van der Waals surface area contributed by atoms with Crippen LogP contribution in [0.1, 0.15) is 27.2 Å². The summed E-state index contributed by atoms with van der Waals surface area (Å²) >= 11 is 3.16. The van der Waals surface area contributed by atoms with E-state index in [9.17, 15) is 10.1 Å². The maximum absolute atomic E-state index is 10.8. The number of hydrogen-bond acceptors (Lipinski definition) is 3. The molecule has 0 heterocycles. The van der Waals surface area contributed by atoms with Gasteiger partial charge in [0.15, 0.2) is 0 Å². The first-order valence-corrected chi connectivity index (χ1v) is 6.27. The fourth-order valence-corrected chi connectivity index (χ4v) is 1.74. The van der Waals surface area contributed by atoms with E-state index in [0.717, 1.165) is 18.7 Å². The molecule has 0 aliphatic rings. The summed E-state index contributed by atoms with van der Waals surface area (Å²) in [7, 11) is 0. The summed E-state index contributed by atoms with van der Waals surface area (Å²) in [6.45, 7) is 7.30. The molecule has 94 valence electrons. The molecule has 1 rings (SSSR count). The minimum Gasteiger partial charge on any atom is -0.385 e. The third-order valence-corrected chi connectivity index (χ3v) is 3.02. The maximum atomic E-state index is 10.8. The predicted octanol–water partition coefficient (Wildman–Crippen LogP) is 4.21. The molecule has 5 heteroatoms. The average molecular weight is 301 g/mol. The van der Waals surface area contributed by atoms with Crippen molar-refractivity contribution in [1.82, 2.24) is 0 Å². The van der Waals surface area contributed by atoms with Crippen LogP contribution in [0.3, 0.4) is 0 Å². The number of rotatable bonds is 4. The topological polar surface area (TPSA) is 55.2 Å². The van der Waals surface area contributed by atoms with E-state index in [4.69, 9.17) is 0 Å². The highest BCUT2D eigenvalue weighted by Crippen LogP contribution is 2.28. The lowest BCUT2D eigenvalue weighted by Gasteiger charge is -2.18. The first-order chi connectivity index (χ1) is 7.79. The normalized spacial score (nSPS) is 11.3. The second kappa shape index (κ2) is 5.49. The van der Waals surface area contributed by atoms with Crippen LogP contribution in [0.5, 0.6) is 0 Å². The summed E-state index contributed by atoms with van der Waals surface area (Å²) in [5, 5.41) is 14.0. The minimum absolute atomic E-state index is 0.0887.